The van der Waals surface area contributed by atoms with Crippen molar-refractivity contribution in [2.75, 3.05) is 12.4 Å². The summed E-state index contributed by atoms with van der Waals surface area (Å²) in [4.78, 5) is 31.2. The minimum atomic E-state index is -0.905. The Balaban J connectivity index is 1.38. The maximum atomic E-state index is 13.5. The van der Waals surface area contributed by atoms with Gasteiger partial charge in [0, 0.05) is 19.2 Å². The molecule has 3 N–H and O–H groups in total. The predicted octanol–water partition coefficient (Wildman–Crippen LogP) is 0.777. The highest BCUT2D eigenvalue weighted by Gasteiger charge is 2.59. The Labute approximate surface area is 182 Å². The van der Waals surface area contributed by atoms with E-state index in [1.54, 1.807) is 7.05 Å². The molecule has 0 spiro atoms. The summed E-state index contributed by atoms with van der Waals surface area (Å²) < 4.78 is 13.5. The number of amides is 1. The van der Waals surface area contributed by atoms with Crippen LogP contribution in [0.15, 0.2) is 23.6 Å². The van der Waals surface area contributed by atoms with Gasteiger partial charge in [0.05, 0.1) is 36.1 Å². The number of carbonyl (C=O) groups excluding carboxylic acids is 1. The third-order valence-electron chi connectivity index (χ3n) is 6.20. The first-order valence-electron chi connectivity index (χ1n) is 9.92. The molecule has 2 saturated carbocycles. The number of hydrogen-bond donors (Lipinski definition) is 3. The Kier molecular flexibility index (Phi) is 4.87. The van der Waals surface area contributed by atoms with Crippen molar-refractivity contribution >= 4 is 29.0 Å². The number of nitrogens with zero attached hydrogens (tertiary/aromatic N) is 5. The summed E-state index contributed by atoms with van der Waals surface area (Å²) >= 11 is 6.03. The molecule has 2 fully saturated rings. The number of hydrogen-bond acceptors (Lipinski definition) is 8. The van der Waals surface area contributed by atoms with Crippen molar-refractivity contribution < 1.29 is 19.4 Å². The van der Waals surface area contributed by atoms with E-state index in [1.165, 1.54) is 17.3 Å². The van der Waals surface area contributed by atoms with E-state index < -0.39 is 23.9 Å². The lowest BCUT2D eigenvalue weighted by Gasteiger charge is -2.24. The van der Waals surface area contributed by atoms with Crippen LogP contribution in [0, 0.1) is 17.7 Å². The van der Waals surface area contributed by atoms with Gasteiger partial charge in [0.25, 0.3) is 5.91 Å². The van der Waals surface area contributed by atoms with Crippen LogP contribution in [0.3, 0.4) is 0 Å². The van der Waals surface area contributed by atoms with Crippen molar-refractivity contribution in [3.63, 3.8) is 0 Å². The van der Waals surface area contributed by atoms with Gasteiger partial charge >= 0.3 is 0 Å². The fourth-order valence-corrected chi connectivity index (χ4v) is 4.66. The summed E-state index contributed by atoms with van der Waals surface area (Å²) in [6.07, 6.45) is 1.57. The first-order chi connectivity index (χ1) is 14.8. The molecule has 0 bridgehead atoms. The Morgan fingerprint density at radius 1 is 1.29 bits per heavy atom. The van der Waals surface area contributed by atoms with Crippen molar-refractivity contribution in [3.05, 3.63) is 46.4 Å². The van der Waals surface area contributed by atoms with Crippen LogP contribution in [-0.4, -0.2) is 67.0 Å². The zero-order valence-electron chi connectivity index (χ0n) is 16.5. The van der Waals surface area contributed by atoms with Gasteiger partial charge in [-0.05, 0) is 24.3 Å². The first-order valence-corrected chi connectivity index (χ1v) is 10.3. The molecule has 0 radical (unpaired) electrons. The molecule has 162 valence electrons. The summed E-state index contributed by atoms with van der Waals surface area (Å²) in [6.45, 7) is 0.274. The number of rotatable bonds is 5. The van der Waals surface area contributed by atoms with Gasteiger partial charge in [-0.3, -0.25) is 9.79 Å². The van der Waals surface area contributed by atoms with E-state index >= 15 is 0 Å². The molecule has 0 aromatic carbocycles. The number of aromatic nitrogens is 3. The van der Waals surface area contributed by atoms with Gasteiger partial charge in [-0.1, -0.05) is 11.6 Å². The average Bonchev–Trinajstić information content (AvgIpc) is 3.36. The van der Waals surface area contributed by atoms with E-state index in [9.17, 15) is 19.4 Å². The minimum Gasteiger partial charge on any atom is -0.390 e. The molecule has 5 atom stereocenters. The van der Waals surface area contributed by atoms with Crippen LogP contribution in [0.5, 0.6) is 0 Å². The molecule has 5 rings (SSSR count). The van der Waals surface area contributed by atoms with Crippen LogP contribution in [0.4, 0.5) is 10.2 Å². The van der Waals surface area contributed by atoms with Crippen molar-refractivity contribution in [3.8, 4) is 0 Å². The van der Waals surface area contributed by atoms with Crippen LogP contribution in [0.2, 0.25) is 5.15 Å². The number of nitrogens with one attached hydrogen (secondary N) is 1. The van der Waals surface area contributed by atoms with E-state index in [2.05, 4.69) is 25.3 Å². The fourth-order valence-electron chi connectivity index (χ4n) is 4.50. The maximum Gasteiger partial charge on any atom is 0.272 e. The normalized spacial score (nSPS) is 28.0. The zero-order chi connectivity index (χ0) is 21.9. The third kappa shape index (κ3) is 3.44. The van der Waals surface area contributed by atoms with Crippen molar-refractivity contribution in [2.24, 2.45) is 16.8 Å². The SMILES string of the molecule is CN(Cc1cc(F)cnc1Cl)C(=O)C1=NCc2ncnc(N[C@H]3[C@H](O)[C@H](O)[C@@H]4C[C@@H]43)c21. The topological polar surface area (TPSA) is 124 Å². The molecule has 2 aliphatic carbocycles. The highest BCUT2D eigenvalue weighted by molar-refractivity contribution is 6.47. The van der Waals surface area contributed by atoms with Crippen LogP contribution in [0.1, 0.15) is 23.2 Å². The second kappa shape index (κ2) is 7.47. The van der Waals surface area contributed by atoms with Gasteiger partial charge in [0.1, 0.15) is 34.9 Å². The number of carbonyl (C=O) groups is 1. The Bertz CT molecular complexity index is 1100. The van der Waals surface area contributed by atoms with Crippen molar-refractivity contribution in [1.82, 2.24) is 19.9 Å². The largest absolute Gasteiger partial charge is 0.390 e. The number of fused-ring (bicyclic) bond motifs is 2. The zero-order valence-corrected chi connectivity index (χ0v) is 17.3. The molecular weight excluding hydrogens is 427 g/mol. The molecule has 1 aliphatic heterocycles. The molecular formula is C20H20ClFN6O3. The molecule has 11 heteroatoms. The molecule has 2 aromatic rings. The number of aliphatic imine (C=N–C) groups is 1. The number of aliphatic hydroxyl groups is 2. The van der Waals surface area contributed by atoms with Crippen molar-refractivity contribution in [2.45, 2.75) is 37.8 Å². The van der Waals surface area contributed by atoms with E-state index in [0.29, 0.717) is 22.6 Å². The van der Waals surface area contributed by atoms with Gasteiger partial charge in [-0.2, -0.15) is 0 Å². The molecule has 0 unspecified atom stereocenters. The number of likely N-dealkylation sites (N-methyl/N-ethyl adjacent to an activating group) is 1. The van der Waals surface area contributed by atoms with Gasteiger partial charge in [0.15, 0.2) is 0 Å². The smallest absolute Gasteiger partial charge is 0.272 e. The summed E-state index contributed by atoms with van der Waals surface area (Å²) in [5.41, 5.74) is 1.64. The monoisotopic (exact) mass is 446 g/mol. The summed E-state index contributed by atoms with van der Waals surface area (Å²) in [6, 6.07) is 0.879. The lowest BCUT2D eigenvalue weighted by atomic mass is 10.1. The Morgan fingerprint density at radius 2 is 2.10 bits per heavy atom. The molecule has 0 saturated heterocycles. The average molecular weight is 447 g/mol. The van der Waals surface area contributed by atoms with Crippen molar-refractivity contribution in [1.29, 1.82) is 0 Å². The molecule has 1 amide bonds. The number of anilines is 1. The lowest BCUT2D eigenvalue weighted by molar-refractivity contribution is -0.123. The molecule has 2 aromatic heterocycles. The second-order valence-electron chi connectivity index (χ2n) is 8.19. The molecule has 9 nitrogen and oxygen atoms in total. The third-order valence-corrected chi connectivity index (χ3v) is 6.54. The Hall–Kier alpha value is -2.69. The van der Waals surface area contributed by atoms with Gasteiger partial charge in [-0.25, -0.2) is 19.3 Å². The number of halogens is 2. The fraction of sp³-hybridized carbons (Fsp3) is 0.450. The van der Waals surface area contributed by atoms with Crippen LogP contribution < -0.4 is 5.32 Å². The van der Waals surface area contributed by atoms with E-state index in [1.807, 2.05) is 0 Å². The summed E-state index contributed by atoms with van der Waals surface area (Å²) in [5, 5.41) is 23.8. The molecule has 3 heterocycles. The van der Waals surface area contributed by atoms with E-state index in [-0.39, 0.29) is 41.8 Å². The quantitative estimate of drug-likeness (QED) is 0.580. The van der Waals surface area contributed by atoms with Gasteiger partial charge < -0.3 is 20.4 Å². The second-order valence-corrected chi connectivity index (χ2v) is 8.55. The first kappa shape index (κ1) is 20.2. The number of pyridine rings is 1. The minimum absolute atomic E-state index is 0.0461. The van der Waals surface area contributed by atoms with Gasteiger partial charge in [0.2, 0.25) is 0 Å². The maximum absolute atomic E-state index is 13.5. The standard InChI is InChI=1S/C20H20ClFN6O3/c1-28(6-8-2-9(22)4-24-18(8)21)20(31)15-13-12(5-23-15)25-7-26-19(13)27-14-10-3-11(10)16(29)17(14)30/h2,4,7,10-11,14,16-17,29-30H,3,5-6H2,1H3,(H,25,26,27)/t10-,11+,14+,16+,17-/m0/s1. The van der Waals surface area contributed by atoms with Gasteiger partial charge in [-0.15, -0.1) is 0 Å². The summed E-state index contributed by atoms with van der Waals surface area (Å²) in [5.74, 6) is -0.281. The highest BCUT2D eigenvalue weighted by atomic mass is 35.5. The molecule has 31 heavy (non-hydrogen) atoms. The van der Waals surface area contributed by atoms with Crippen LogP contribution in [0.25, 0.3) is 0 Å². The van der Waals surface area contributed by atoms with E-state index in [4.69, 9.17) is 11.6 Å². The highest BCUT2D eigenvalue weighted by Crippen LogP contribution is 2.52. The van der Waals surface area contributed by atoms with Crippen LogP contribution in [-0.2, 0) is 17.9 Å². The summed E-state index contributed by atoms with van der Waals surface area (Å²) in [7, 11) is 1.56. The lowest BCUT2D eigenvalue weighted by Crippen LogP contribution is -2.39. The Morgan fingerprint density at radius 3 is 2.84 bits per heavy atom. The predicted molar refractivity (Wildman–Crippen MR) is 109 cm³/mol. The van der Waals surface area contributed by atoms with Crippen LogP contribution >= 0.6 is 11.6 Å². The van der Waals surface area contributed by atoms with E-state index in [0.717, 1.165) is 12.6 Å². The molecule has 3 aliphatic rings. The number of aliphatic hydroxyl groups excluding tert-OH is 2.